The zero-order chi connectivity index (χ0) is 5.98. The molecule has 0 spiro atoms. The molecule has 2 N–H and O–H groups in total. The van der Waals surface area contributed by atoms with E-state index in [1.165, 1.54) is 5.57 Å². The van der Waals surface area contributed by atoms with Gasteiger partial charge in [-0.15, -0.1) is 0 Å². The standard InChI is InChI=1S/C6H10N2/c1-5-3-6(2)8-7-4-5/h3-4,7-8H,1-2H3. The van der Waals surface area contributed by atoms with Crippen LogP contribution in [0.25, 0.3) is 0 Å². The molecule has 44 valence electrons. The summed E-state index contributed by atoms with van der Waals surface area (Å²) in [6.07, 6.45) is 4.00. The van der Waals surface area contributed by atoms with Crippen molar-refractivity contribution in [1.29, 1.82) is 0 Å². The summed E-state index contributed by atoms with van der Waals surface area (Å²) >= 11 is 0. The van der Waals surface area contributed by atoms with Gasteiger partial charge in [0.2, 0.25) is 0 Å². The molecular weight excluding hydrogens is 100 g/mol. The highest BCUT2D eigenvalue weighted by Gasteiger charge is 1.91. The lowest BCUT2D eigenvalue weighted by Gasteiger charge is -2.11. The van der Waals surface area contributed by atoms with E-state index in [0.717, 1.165) is 5.70 Å². The lowest BCUT2D eigenvalue weighted by molar-refractivity contribution is 0.711. The normalized spacial score (nSPS) is 17.8. The maximum absolute atomic E-state index is 2.95. The van der Waals surface area contributed by atoms with Gasteiger partial charge in [-0.1, -0.05) is 0 Å². The van der Waals surface area contributed by atoms with Crippen molar-refractivity contribution < 1.29 is 0 Å². The fourth-order valence-electron chi connectivity index (χ4n) is 0.683. The summed E-state index contributed by atoms with van der Waals surface area (Å²) in [4.78, 5) is 0. The molecule has 1 aliphatic heterocycles. The van der Waals surface area contributed by atoms with E-state index in [0.29, 0.717) is 0 Å². The Balaban J connectivity index is 2.69. The van der Waals surface area contributed by atoms with Crippen molar-refractivity contribution in [1.82, 2.24) is 10.9 Å². The number of nitrogens with one attached hydrogen (secondary N) is 2. The van der Waals surface area contributed by atoms with Crippen LogP contribution in [0.1, 0.15) is 13.8 Å². The molecule has 0 saturated carbocycles. The highest BCUT2D eigenvalue weighted by Crippen LogP contribution is 1.99. The smallest absolute Gasteiger partial charge is 0.0286 e. The van der Waals surface area contributed by atoms with Crippen LogP contribution in [0.15, 0.2) is 23.5 Å². The topological polar surface area (TPSA) is 24.1 Å². The van der Waals surface area contributed by atoms with Gasteiger partial charge in [-0.2, -0.15) is 0 Å². The van der Waals surface area contributed by atoms with Gasteiger partial charge in [-0.05, 0) is 25.5 Å². The lowest BCUT2D eigenvalue weighted by atomic mass is 10.2. The average Bonchev–Trinajstić information content (AvgIpc) is 1.64. The first-order chi connectivity index (χ1) is 3.79. The molecule has 0 unspecified atom stereocenters. The van der Waals surface area contributed by atoms with E-state index >= 15 is 0 Å². The summed E-state index contributed by atoms with van der Waals surface area (Å²) in [7, 11) is 0. The van der Waals surface area contributed by atoms with Crippen molar-refractivity contribution in [2.24, 2.45) is 0 Å². The van der Waals surface area contributed by atoms with Gasteiger partial charge < -0.3 is 10.9 Å². The van der Waals surface area contributed by atoms with Crippen molar-refractivity contribution in [3.05, 3.63) is 23.5 Å². The molecule has 8 heavy (non-hydrogen) atoms. The molecule has 2 nitrogen and oxygen atoms in total. The predicted octanol–water partition coefficient (Wildman–Crippen LogP) is 0.902. The molecule has 0 saturated heterocycles. The Kier molecular flexibility index (Phi) is 1.24. The Morgan fingerprint density at radius 1 is 1.38 bits per heavy atom. The van der Waals surface area contributed by atoms with Gasteiger partial charge in [-0.3, -0.25) is 0 Å². The molecule has 0 aliphatic carbocycles. The van der Waals surface area contributed by atoms with E-state index in [1.807, 2.05) is 13.1 Å². The number of hydrogen-bond donors (Lipinski definition) is 2. The maximum Gasteiger partial charge on any atom is 0.0286 e. The van der Waals surface area contributed by atoms with Crippen LogP contribution in [0.2, 0.25) is 0 Å². The van der Waals surface area contributed by atoms with E-state index < -0.39 is 0 Å². The van der Waals surface area contributed by atoms with E-state index in [9.17, 15) is 0 Å². The number of hydrazine groups is 1. The predicted molar refractivity (Wildman–Crippen MR) is 33.8 cm³/mol. The molecular formula is C6H10N2. The molecule has 0 radical (unpaired) electrons. The van der Waals surface area contributed by atoms with E-state index in [1.54, 1.807) is 0 Å². The summed E-state index contributed by atoms with van der Waals surface area (Å²) in [5, 5.41) is 0. The third-order valence-corrected chi connectivity index (χ3v) is 1.01. The SMILES string of the molecule is CC1=CNNC(C)=C1. The second kappa shape index (κ2) is 1.90. The van der Waals surface area contributed by atoms with E-state index in [2.05, 4.69) is 23.9 Å². The molecule has 0 aromatic heterocycles. The second-order valence-corrected chi connectivity index (χ2v) is 1.99. The average molecular weight is 110 g/mol. The van der Waals surface area contributed by atoms with Crippen LogP contribution >= 0.6 is 0 Å². The molecule has 0 aromatic rings. The first-order valence-electron chi connectivity index (χ1n) is 2.65. The fourth-order valence-corrected chi connectivity index (χ4v) is 0.683. The molecule has 1 aliphatic rings. The van der Waals surface area contributed by atoms with Gasteiger partial charge >= 0.3 is 0 Å². The molecule has 0 bridgehead atoms. The van der Waals surface area contributed by atoms with Gasteiger partial charge in [0.15, 0.2) is 0 Å². The van der Waals surface area contributed by atoms with Gasteiger partial charge in [-0.25, -0.2) is 0 Å². The fraction of sp³-hybridized carbons (Fsp3) is 0.333. The van der Waals surface area contributed by atoms with Crippen LogP contribution in [0.4, 0.5) is 0 Å². The van der Waals surface area contributed by atoms with E-state index in [4.69, 9.17) is 0 Å². The van der Waals surface area contributed by atoms with Crippen LogP contribution < -0.4 is 10.9 Å². The van der Waals surface area contributed by atoms with Gasteiger partial charge in [0.1, 0.15) is 0 Å². The number of rotatable bonds is 0. The van der Waals surface area contributed by atoms with Gasteiger partial charge in [0, 0.05) is 11.9 Å². The highest BCUT2D eigenvalue weighted by molar-refractivity contribution is 5.21. The van der Waals surface area contributed by atoms with Crippen molar-refractivity contribution in [2.75, 3.05) is 0 Å². The zero-order valence-electron chi connectivity index (χ0n) is 5.15. The third-order valence-electron chi connectivity index (χ3n) is 1.01. The molecule has 1 rings (SSSR count). The minimum Gasteiger partial charge on any atom is -0.308 e. The summed E-state index contributed by atoms with van der Waals surface area (Å²) in [5.74, 6) is 0. The summed E-state index contributed by atoms with van der Waals surface area (Å²) < 4.78 is 0. The second-order valence-electron chi connectivity index (χ2n) is 1.99. The zero-order valence-corrected chi connectivity index (χ0v) is 5.15. The number of hydrogen-bond acceptors (Lipinski definition) is 2. The maximum atomic E-state index is 2.95. The first kappa shape index (κ1) is 5.22. The Labute approximate surface area is 49.2 Å². The Morgan fingerprint density at radius 3 is 2.50 bits per heavy atom. The Bertz CT molecular complexity index is 145. The van der Waals surface area contributed by atoms with Crippen molar-refractivity contribution in [3.63, 3.8) is 0 Å². The summed E-state index contributed by atoms with van der Waals surface area (Å²) in [6.45, 7) is 4.07. The molecule has 0 atom stereocenters. The molecule has 0 aromatic carbocycles. The molecule has 0 fully saturated rings. The summed E-state index contributed by atoms with van der Waals surface area (Å²) in [5.41, 5.74) is 8.26. The molecule has 2 heteroatoms. The van der Waals surface area contributed by atoms with Gasteiger partial charge in [0.05, 0.1) is 0 Å². The van der Waals surface area contributed by atoms with Crippen molar-refractivity contribution >= 4 is 0 Å². The van der Waals surface area contributed by atoms with Crippen LogP contribution in [0.5, 0.6) is 0 Å². The Hall–Kier alpha value is -0.920. The van der Waals surface area contributed by atoms with Gasteiger partial charge in [0.25, 0.3) is 0 Å². The third kappa shape index (κ3) is 1.03. The highest BCUT2D eigenvalue weighted by atomic mass is 15.3. The minimum absolute atomic E-state index is 1.16. The van der Waals surface area contributed by atoms with E-state index in [-0.39, 0.29) is 0 Å². The Morgan fingerprint density at radius 2 is 2.12 bits per heavy atom. The quantitative estimate of drug-likeness (QED) is 0.484. The minimum atomic E-state index is 1.16. The first-order valence-corrected chi connectivity index (χ1v) is 2.65. The molecule has 0 amide bonds. The van der Waals surface area contributed by atoms with Crippen LogP contribution in [-0.4, -0.2) is 0 Å². The summed E-state index contributed by atoms with van der Waals surface area (Å²) in [6, 6.07) is 0. The van der Waals surface area contributed by atoms with Crippen molar-refractivity contribution in [3.8, 4) is 0 Å². The number of allylic oxidation sites excluding steroid dienone is 3. The lowest BCUT2D eigenvalue weighted by Crippen LogP contribution is -2.27. The van der Waals surface area contributed by atoms with Crippen LogP contribution in [0, 0.1) is 0 Å². The largest absolute Gasteiger partial charge is 0.308 e. The molecule has 1 heterocycles. The van der Waals surface area contributed by atoms with Crippen LogP contribution in [-0.2, 0) is 0 Å². The van der Waals surface area contributed by atoms with Crippen LogP contribution in [0.3, 0.4) is 0 Å². The monoisotopic (exact) mass is 110 g/mol. The van der Waals surface area contributed by atoms with Crippen molar-refractivity contribution in [2.45, 2.75) is 13.8 Å².